The fourth-order valence-corrected chi connectivity index (χ4v) is 4.72. The van der Waals surface area contributed by atoms with Gasteiger partial charge in [-0.2, -0.15) is 0 Å². The zero-order chi connectivity index (χ0) is 23.8. The Labute approximate surface area is 201 Å². The molecule has 1 aromatic carbocycles. The van der Waals surface area contributed by atoms with Crippen LogP contribution in [0, 0.1) is 5.92 Å². The highest BCUT2D eigenvalue weighted by Crippen LogP contribution is 2.25. The van der Waals surface area contributed by atoms with Gasteiger partial charge >= 0.3 is 0 Å². The monoisotopic (exact) mass is 490 g/mol. The molecule has 2 aromatic rings. The van der Waals surface area contributed by atoms with Gasteiger partial charge in [-0.15, -0.1) is 11.3 Å². The standard InChI is InChI=1S/C23H27ClN4O4S/c24-19-7-6-18(33-19)23(32)28-12-9-16(10-13-28)21(30)27-17(14-15-4-2-1-3-5-15)22(31)26-11-8-20(25)29/h1-7,16-17H,8-14H2,(H2,25,29)(H,26,31)(H,27,30). The van der Waals surface area contributed by atoms with Crippen LogP contribution in [0.25, 0.3) is 0 Å². The van der Waals surface area contributed by atoms with Gasteiger partial charge in [-0.05, 0) is 30.5 Å². The number of hydrogen-bond acceptors (Lipinski definition) is 5. The summed E-state index contributed by atoms with van der Waals surface area (Å²) in [5.41, 5.74) is 6.04. The Morgan fingerprint density at radius 3 is 2.39 bits per heavy atom. The van der Waals surface area contributed by atoms with Gasteiger partial charge in [-0.1, -0.05) is 41.9 Å². The van der Waals surface area contributed by atoms with Crippen molar-refractivity contribution in [3.63, 3.8) is 0 Å². The van der Waals surface area contributed by atoms with Crippen molar-refractivity contribution in [2.75, 3.05) is 19.6 Å². The summed E-state index contributed by atoms with van der Waals surface area (Å²) in [6.07, 6.45) is 1.38. The molecule has 1 aromatic heterocycles. The number of benzene rings is 1. The normalized spacial score (nSPS) is 15.0. The molecule has 0 spiro atoms. The summed E-state index contributed by atoms with van der Waals surface area (Å²) in [4.78, 5) is 51.5. The number of piperidine rings is 1. The minimum Gasteiger partial charge on any atom is -0.370 e. The first-order valence-electron chi connectivity index (χ1n) is 10.8. The molecule has 1 atom stereocenters. The molecule has 1 unspecified atom stereocenters. The third-order valence-corrected chi connectivity index (χ3v) is 6.74. The van der Waals surface area contributed by atoms with Crippen LogP contribution in [0.2, 0.25) is 4.34 Å². The molecular formula is C23H27ClN4O4S. The lowest BCUT2D eigenvalue weighted by atomic mass is 9.94. The van der Waals surface area contributed by atoms with Gasteiger partial charge < -0.3 is 21.3 Å². The second kappa shape index (κ2) is 11.8. The summed E-state index contributed by atoms with van der Waals surface area (Å²) < 4.78 is 0.561. The lowest BCUT2D eigenvalue weighted by molar-refractivity contribution is -0.132. The Bertz CT molecular complexity index is 989. The minimum absolute atomic E-state index is 0.0275. The summed E-state index contributed by atoms with van der Waals surface area (Å²) in [6, 6.07) is 12.0. The van der Waals surface area contributed by atoms with Crippen LogP contribution in [0.1, 0.15) is 34.5 Å². The van der Waals surface area contributed by atoms with Gasteiger partial charge in [0.25, 0.3) is 5.91 Å². The van der Waals surface area contributed by atoms with E-state index in [1.54, 1.807) is 17.0 Å². The van der Waals surface area contributed by atoms with Gasteiger partial charge in [-0.3, -0.25) is 19.2 Å². The molecular weight excluding hydrogens is 464 g/mol. The zero-order valence-corrected chi connectivity index (χ0v) is 19.7. The van der Waals surface area contributed by atoms with Crippen molar-refractivity contribution in [2.24, 2.45) is 11.7 Å². The van der Waals surface area contributed by atoms with Crippen molar-refractivity contribution in [3.8, 4) is 0 Å². The number of amides is 4. The van der Waals surface area contributed by atoms with E-state index in [-0.39, 0.29) is 36.6 Å². The fraction of sp³-hybridized carbons (Fsp3) is 0.391. The first kappa shape index (κ1) is 24.7. The minimum atomic E-state index is -0.777. The maximum absolute atomic E-state index is 13.0. The fourth-order valence-electron chi connectivity index (χ4n) is 3.71. The van der Waals surface area contributed by atoms with Crippen LogP contribution in [0.5, 0.6) is 0 Å². The molecule has 2 heterocycles. The molecule has 0 bridgehead atoms. The molecule has 1 saturated heterocycles. The Morgan fingerprint density at radius 1 is 1.09 bits per heavy atom. The van der Waals surface area contributed by atoms with Gasteiger partial charge in [0.2, 0.25) is 17.7 Å². The molecule has 8 nitrogen and oxygen atoms in total. The summed E-state index contributed by atoms with van der Waals surface area (Å²) >= 11 is 7.17. The largest absolute Gasteiger partial charge is 0.370 e. The van der Waals surface area contributed by atoms with Crippen LogP contribution >= 0.6 is 22.9 Å². The highest BCUT2D eigenvalue weighted by Gasteiger charge is 2.31. The number of carbonyl (C=O) groups is 4. The highest BCUT2D eigenvalue weighted by atomic mass is 35.5. The molecule has 1 aliphatic rings. The lowest BCUT2D eigenvalue weighted by Crippen LogP contribution is -2.51. The number of likely N-dealkylation sites (tertiary alicyclic amines) is 1. The molecule has 0 radical (unpaired) electrons. The van der Waals surface area contributed by atoms with Crippen LogP contribution < -0.4 is 16.4 Å². The topological polar surface area (TPSA) is 122 Å². The van der Waals surface area contributed by atoms with E-state index < -0.39 is 11.9 Å². The van der Waals surface area contributed by atoms with Crippen molar-refractivity contribution in [1.82, 2.24) is 15.5 Å². The van der Waals surface area contributed by atoms with E-state index in [1.165, 1.54) is 11.3 Å². The Balaban J connectivity index is 1.57. The van der Waals surface area contributed by atoms with E-state index in [4.69, 9.17) is 17.3 Å². The van der Waals surface area contributed by atoms with Crippen LogP contribution in [-0.4, -0.2) is 54.2 Å². The lowest BCUT2D eigenvalue weighted by Gasteiger charge is -2.32. The van der Waals surface area contributed by atoms with Gasteiger partial charge in [0.15, 0.2) is 0 Å². The van der Waals surface area contributed by atoms with Gasteiger partial charge in [0.1, 0.15) is 6.04 Å². The number of nitrogens with two attached hydrogens (primary N) is 1. The highest BCUT2D eigenvalue weighted by molar-refractivity contribution is 7.17. The summed E-state index contributed by atoms with van der Waals surface area (Å²) in [5, 5.41) is 5.53. The second-order valence-electron chi connectivity index (χ2n) is 7.93. The van der Waals surface area contributed by atoms with E-state index in [1.807, 2.05) is 30.3 Å². The SMILES string of the molecule is NC(=O)CCNC(=O)C(Cc1ccccc1)NC(=O)C1CCN(C(=O)c2ccc(Cl)s2)CC1. The van der Waals surface area contributed by atoms with Gasteiger partial charge in [-0.25, -0.2) is 0 Å². The number of rotatable bonds is 9. The van der Waals surface area contributed by atoms with Crippen LogP contribution in [0.3, 0.4) is 0 Å². The number of primary amides is 1. The van der Waals surface area contributed by atoms with Gasteiger partial charge in [0.05, 0.1) is 9.21 Å². The summed E-state index contributed by atoms with van der Waals surface area (Å²) in [7, 11) is 0. The summed E-state index contributed by atoms with van der Waals surface area (Å²) in [6.45, 7) is 1.03. The first-order chi connectivity index (χ1) is 15.8. The van der Waals surface area contributed by atoms with Crippen LogP contribution in [0.4, 0.5) is 0 Å². The molecule has 4 N–H and O–H groups in total. The molecule has 1 fully saturated rings. The maximum Gasteiger partial charge on any atom is 0.263 e. The smallest absolute Gasteiger partial charge is 0.263 e. The number of hydrogen-bond donors (Lipinski definition) is 3. The number of nitrogens with one attached hydrogen (secondary N) is 2. The quantitative estimate of drug-likeness (QED) is 0.497. The molecule has 1 aliphatic heterocycles. The van der Waals surface area contributed by atoms with E-state index in [2.05, 4.69) is 10.6 Å². The molecule has 10 heteroatoms. The van der Waals surface area contributed by atoms with Crippen molar-refractivity contribution in [1.29, 1.82) is 0 Å². The Hall–Kier alpha value is -2.91. The predicted octanol–water partition coefficient (Wildman–Crippen LogP) is 1.97. The predicted molar refractivity (Wildman–Crippen MR) is 127 cm³/mol. The number of halogens is 1. The average Bonchev–Trinajstić information content (AvgIpc) is 3.24. The second-order valence-corrected chi connectivity index (χ2v) is 9.64. The third-order valence-electron chi connectivity index (χ3n) is 5.52. The molecule has 4 amide bonds. The van der Waals surface area contributed by atoms with E-state index in [0.29, 0.717) is 41.6 Å². The molecule has 0 aliphatic carbocycles. The molecule has 33 heavy (non-hydrogen) atoms. The van der Waals surface area contributed by atoms with Gasteiger partial charge in [0, 0.05) is 38.4 Å². The maximum atomic E-state index is 13.0. The van der Waals surface area contributed by atoms with E-state index in [9.17, 15) is 19.2 Å². The van der Waals surface area contributed by atoms with E-state index >= 15 is 0 Å². The van der Waals surface area contributed by atoms with Crippen LogP contribution in [0.15, 0.2) is 42.5 Å². The third kappa shape index (κ3) is 7.30. The Kier molecular flexibility index (Phi) is 8.85. The average molecular weight is 491 g/mol. The summed E-state index contributed by atoms with van der Waals surface area (Å²) in [5.74, 6) is -1.47. The van der Waals surface area contributed by atoms with Crippen molar-refractivity contribution >= 4 is 46.6 Å². The molecule has 3 rings (SSSR count). The molecule has 0 saturated carbocycles. The van der Waals surface area contributed by atoms with Crippen molar-refractivity contribution in [3.05, 3.63) is 57.2 Å². The van der Waals surface area contributed by atoms with Crippen molar-refractivity contribution < 1.29 is 19.2 Å². The molecule has 176 valence electrons. The first-order valence-corrected chi connectivity index (χ1v) is 12.0. The number of nitrogens with zero attached hydrogens (tertiary/aromatic N) is 1. The Morgan fingerprint density at radius 2 is 1.79 bits per heavy atom. The van der Waals surface area contributed by atoms with Crippen molar-refractivity contribution in [2.45, 2.75) is 31.7 Å². The number of carbonyl (C=O) groups excluding carboxylic acids is 4. The van der Waals surface area contributed by atoms with E-state index in [0.717, 1.165) is 5.56 Å². The zero-order valence-electron chi connectivity index (χ0n) is 18.1. The van der Waals surface area contributed by atoms with Crippen LogP contribution in [-0.2, 0) is 20.8 Å². The number of thiophene rings is 1.